The minimum atomic E-state index is -3.86. The molecule has 5 aliphatic rings. The van der Waals surface area contributed by atoms with Crippen molar-refractivity contribution in [1.82, 2.24) is 18.8 Å². The topological polar surface area (TPSA) is 177 Å². The smallest absolute Gasteiger partial charge is 0.410 e. The number of likely N-dealkylation sites (tertiary alicyclic amines) is 1. The van der Waals surface area contributed by atoms with Crippen molar-refractivity contribution < 1.29 is 45.5 Å². The van der Waals surface area contributed by atoms with Crippen molar-refractivity contribution in [3.63, 3.8) is 0 Å². The van der Waals surface area contributed by atoms with Crippen LogP contribution in [0, 0.1) is 22.7 Å². The molecule has 0 aromatic heterocycles. The molecule has 5 atom stereocenters. The van der Waals surface area contributed by atoms with Gasteiger partial charge < -0.3 is 14.4 Å². The highest BCUT2D eigenvalue weighted by Crippen LogP contribution is 2.58. The number of carbonyl (C=O) groups excluding carboxylic acids is 4. The SMILES string of the molecule is CC[C@@H]1CC1(CC(=O)[C@@H]1C[C@@H](OC(=O)N2Cc3cccc(Cl)c3C2)CN1C(=O)[C@@H](Cc1cccc(S(=O)(=O)N2CCOCC2)c1)C(C)(C)C)C(=O)NS(=O)(=O)C1CC1. The van der Waals surface area contributed by atoms with E-state index in [4.69, 9.17) is 21.1 Å². The predicted octanol–water partition coefficient (Wildman–Crippen LogP) is 4.67. The highest BCUT2D eigenvalue weighted by Gasteiger charge is 2.62. The summed E-state index contributed by atoms with van der Waals surface area (Å²) in [5.41, 5.74) is 0.456. The molecule has 7 rings (SSSR count). The molecule has 1 unspecified atom stereocenters. The van der Waals surface area contributed by atoms with E-state index in [0.29, 0.717) is 56.0 Å². The number of nitrogens with one attached hydrogen (secondary N) is 1. The lowest BCUT2D eigenvalue weighted by molar-refractivity contribution is -0.144. The monoisotopic (exact) mass is 860 g/mol. The molecule has 14 nitrogen and oxygen atoms in total. The number of benzene rings is 2. The van der Waals surface area contributed by atoms with Gasteiger partial charge in [-0.15, -0.1) is 0 Å². The van der Waals surface area contributed by atoms with Gasteiger partial charge in [-0.05, 0) is 71.9 Å². The van der Waals surface area contributed by atoms with Gasteiger partial charge >= 0.3 is 6.09 Å². The molecule has 3 heterocycles. The summed E-state index contributed by atoms with van der Waals surface area (Å²) in [6.07, 6.45) is 0.275. The average molecular weight is 861 g/mol. The summed E-state index contributed by atoms with van der Waals surface area (Å²) in [6, 6.07) is 11.0. The molecule has 3 amide bonds. The summed E-state index contributed by atoms with van der Waals surface area (Å²) in [4.78, 5) is 59.8. The Balaban J connectivity index is 1.14. The Morgan fingerprint density at radius 2 is 1.72 bits per heavy atom. The van der Waals surface area contributed by atoms with Gasteiger partial charge in [0.2, 0.25) is 31.9 Å². The lowest BCUT2D eigenvalue weighted by Gasteiger charge is -2.35. The molecule has 2 saturated carbocycles. The van der Waals surface area contributed by atoms with Crippen molar-refractivity contribution in [3.8, 4) is 0 Å². The van der Waals surface area contributed by atoms with Crippen molar-refractivity contribution in [2.24, 2.45) is 22.7 Å². The fraction of sp³-hybridized carbons (Fsp3) is 0.610. The molecule has 0 radical (unpaired) electrons. The fourth-order valence-corrected chi connectivity index (χ4v) is 11.9. The lowest BCUT2D eigenvalue weighted by Crippen LogP contribution is -2.48. The van der Waals surface area contributed by atoms with Crippen LogP contribution in [0.4, 0.5) is 4.79 Å². The van der Waals surface area contributed by atoms with Crippen molar-refractivity contribution in [2.75, 3.05) is 32.8 Å². The molecule has 3 aliphatic heterocycles. The summed E-state index contributed by atoms with van der Waals surface area (Å²) in [6.45, 7) is 9.14. The van der Waals surface area contributed by atoms with Crippen molar-refractivity contribution in [2.45, 2.75) is 108 Å². The minimum Gasteiger partial charge on any atom is -0.444 e. The van der Waals surface area contributed by atoms with Crippen LogP contribution in [0.25, 0.3) is 0 Å². The van der Waals surface area contributed by atoms with E-state index in [0.717, 1.165) is 11.1 Å². The summed E-state index contributed by atoms with van der Waals surface area (Å²) < 4.78 is 67.7. The first-order chi connectivity index (χ1) is 27.3. The second kappa shape index (κ2) is 16.1. The van der Waals surface area contributed by atoms with Gasteiger partial charge in [-0.3, -0.25) is 24.0 Å². The Morgan fingerprint density at radius 1 is 1.02 bits per heavy atom. The number of amides is 3. The normalized spacial score (nSPS) is 25.6. The molecule has 4 fully saturated rings. The summed E-state index contributed by atoms with van der Waals surface area (Å²) in [5.74, 6) is -2.42. The van der Waals surface area contributed by atoms with Crippen LogP contribution < -0.4 is 4.72 Å². The maximum Gasteiger partial charge on any atom is 0.410 e. The highest BCUT2D eigenvalue weighted by molar-refractivity contribution is 7.91. The second-order valence-electron chi connectivity index (χ2n) is 17.6. The van der Waals surface area contributed by atoms with Crippen LogP contribution in [0.15, 0.2) is 47.4 Å². The number of carbonyl (C=O) groups is 4. The summed E-state index contributed by atoms with van der Waals surface area (Å²) in [7, 11) is -7.67. The van der Waals surface area contributed by atoms with Gasteiger partial charge in [-0.25, -0.2) is 21.6 Å². The third-order valence-corrected chi connectivity index (χ3v) is 16.6. The molecule has 2 aromatic rings. The second-order valence-corrected chi connectivity index (χ2v) is 21.9. The molecular weight excluding hydrogens is 808 g/mol. The molecule has 58 heavy (non-hydrogen) atoms. The third kappa shape index (κ3) is 8.68. The van der Waals surface area contributed by atoms with E-state index in [1.54, 1.807) is 24.3 Å². The zero-order chi connectivity index (χ0) is 41.8. The molecule has 2 aliphatic carbocycles. The number of hydrogen-bond acceptors (Lipinski definition) is 10. The Bertz CT molecular complexity index is 2180. The Morgan fingerprint density at radius 3 is 2.36 bits per heavy atom. The zero-order valence-corrected chi connectivity index (χ0v) is 35.8. The van der Waals surface area contributed by atoms with Crippen molar-refractivity contribution >= 4 is 55.3 Å². The number of ketones is 1. The van der Waals surface area contributed by atoms with E-state index in [-0.39, 0.29) is 62.2 Å². The first kappa shape index (κ1) is 42.6. The van der Waals surface area contributed by atoms with Crippen LogP contribution in [0.3, 0.4) is 0 Å². The van der Waals surface area contributed by atoms with Crippen LogP contribution in [0.1, 0.15) is 82.9 Å². The minimum absolute atomic E-state index is 0.00311. The quantitative estimate of drug-likeness (QED) is 0.298. The van der Waals surface area contributed by atoms with E-state index in [1.165, 1.54) is 20.2 Å². The standard InChI is InChI=1S/C41H53ClN4O10S2/c1-5-28-21-41(28,38(49)43-57(51,52)30-12-13-30)22-36(47)35-20-29(56-39(50)44-23-27-9-7-11-34(42)32(27)25-44)24-46(35)37(48)33(40(2,3)4)19-26-8-6-10-31(18-26)58(53,54)45-14-16-55-17-15-45/h6-11,18,28-30,33,35H,5,12-17,19-25H2,1-4H3,(H,43,49)/t28-,29-,33-,35+,41?/m1/s1. The first-order valence-corrected chi connectivity index (χ1v) is 23.5. The number of Topliss-reactive ketones (excluding diaryl/α,β-unsaturated/α-hetero) is 1. The Hall–Kier alpha value is -3.57. The van der Waals surface area contributed by atoms with Gasteiger partial charge in [0, 0.05) is 43.4 Å². The number of hydrogen-bond donors (Lipinski definition) is 1. The van der Waals surface area contributed by atoms with Gasteiger partial charge in [0.15, 0.2) is 5.78 Å². The van der Waals surface area contributed by atoms with Gasteiger partial charge in [0.1, 0.15) is 6.10 Å². The van der Waals surface area contributed by atoms with Crippen molar-refractivity contribution in [1.29, 1.82) is 0 Å². The molecular formula is C41H53ClN4O10S2. The average Bonchev–Trinajstić information content (AvgIpc) is 4.07. The predicted molar refractivity (Wildman–Crippen MR) is 214 cm³/mol. The van der Waals surface area contributed by atoms with Crippen LogP contribution in [0.2, 0.25) is 5.02 Å². The zero-order valence-electron chi connectivity index (χ0n) is 33.4. The summed E-state index contributed by atoms with van der Waals surface area (Å²) >= 11 is 6.40. The largest absolute Gasteiger partial charge is 0.444 e. The third-order valence-electron chi connectivity index (χ3n) is 12.5. The summed E-state index contributed by atoms with van der Waals surface area (Å²) in [5, 5.41) is -0.0720. The van der Waals surface area contributed by atoms with Gasteiger partial charge in [-0.2, -0.15) is 4.31 Å². The molecule has 2 saturated heterocycles. The number of rotatable bonds is 13. The number of nitrogens with zero attached hydrogens (tertiary/aromatic N) is 3. The van der Waals surface area contributed by atoms with Crippen LogP contribution >= 0.6 is 11.6 Å². The van der Waals surface area contributed by atoms with Crippen LogP contribution in [0.5, 0.6) is 0 Å². The Kier molecular flexibility index (Phi) is 11.8. The lowest BCUT2D eigenvalue weighted by atomic mass is 9.76. The molecule has 0 spiro atoms. The number of ether oxygens (including phenoxy) is 2. The van der Waals surface area contributed by atoms with E-state index in [1.807, 2.05) is 39.8 Å². The van der Waals surface area contributed by atoms with Gasteiger partial charge in [0.25, 0.3) is 0 Å². The van der Waals surface area contributed by atoms with Crippen molar-refractivity contribution in [3.05, 3.63) is 64.2 Å². The van der Waals surface area contributed by atoms with E-state index in [2.05, 4.69) is 4.72 Å². The van der Waals surface area contributed by atoms with Gasteiger partial charge in [-0.1, -0.05) is 70.0 Å². The molecule has 17 heteroatoms. The number of morpholine rings is 1. The number of halogens is 1. The first-order valence-electron chi connectivity index (χ1n) is 20.1. The van der Waals surface area contributed by atoms with E-state index < -0.39 is 72.0 Å². The van der Waals surface area contributed by atoms with E-state index in [9.17, 15) is 36.0 Å². The molecule has 0 bridgehead atoms. The molecule has 316 valence electrons. The highest BCUT2D eigenvalue weighted by atomic mass is 35.5. The van der Waals surface area contributed by atoms with Crippen LogP contribution in [-0.2, 0) is 63.4 Å². The maximum atomic E-state index is 14.9. The van der Waals surface area contributed by atoms with Gasteiger partial charge in [0.05, 0.1) is 47.9 Å². The number of fused-ring (bicyclic) bond motifs is 1. The van der Waals surface area contributed by atoms with E-state index >= 15 is 0 Å². The fourth-order valence-electron chi connectivity index (χ4n) is 8.74. The Labute approximate surface area is 346 Å². The molecule has 2 aromatic carbocycles. The maximum absolute atomic E-state index is 14.9. The molecule has 1 N–H and O–H groups in total. The number of sulfonamides is 2. The van der Waals surface area contributed by atoms with Crippen LogP contribution in [-0.4, -0.2) is 105 Å².